The molecule has 1 aliphatic carbocycles. The van der Waals surface area contributed by atoms with Crippen molar-refractivity contribution in [3.8, 4) is 0 Å². The smallest absolute Gasteiger partial charge is 0.107 e. The largest absolute Gasteiger partial charge is 0.392 e. The molecule has 2 heterocycles. The van der Waals surface area contributed by atoms with Gasteiger partial charge in [-0.1, -0.05) is 48.5 Å². The molecule has 7 rings (SSSR count). The Labute approximate surface area is 246 Å². The molecule has 0 bridgehead atoms. The molecule has 0 saturated heterocycles. The predicted molar refractivity (Wildman–Crippen MR) is 170 cm³/mol. The van der Waals surface area contributed by atoms with E-state index in [1.165, 1.54) is 0 Å². The van der Waals surface area contributed by atoms with Gasteiger partial charge in [0.15, 0.2) is 0 Å². The lowest BCUT2D eigenvalue weighted by atomic mass is 9.62. The van der Waals surface area contributed by atoms with Crippen LogP contribution in [0.3, 0.4) is 0 Å². The molecular weight excluding hydrogens is 528 g/mol. The fourth-order valence-electron chi connectivity index (χ4n) is 7.34. The Balaban J connectivity index is 1.28. The summed E-state index contributed by atoms with van der Waals surface area (Å²) in [6, 6.07) is 20.8. The van der Waals surface area contributed by atoms with Crippen LogP contribution in [0.5, 0.6) is 0 Å². The molecule has 0 radical (unpaired) electrons. The van der Waals surface area contributed by atoms with E-state index in [1.54, 1.807) is 14.2 Å². The van der Waals surface area contributed by atoms with Gasteiger partial charge in [0.05, 0.1) is 25.4 Å². The number of nitrogens with one attached hydrogen (secondary N) is 4. The zero-order chi connectivity index (χ0) is 29.2. The minimum atomic E-state index is -0.759. The first kappa shape index (κ1) is 27.3. The van der Waals surface area contributed by atoms with Crippen LogP contribution >= 0.6 is 0 Å². The molecule has 0 amide bonds. The molecule has 4 aromatic rings. The van der Waals surface area contributed by atoms with Gasteiger partial charge in [0.2, 0.25) is 0 Å². The molecule has 3 aliphatic rings. The summed E-state index contributed by atoms with van der Waals surface area (Å²) in [5, 5.41) is 42.9. The van der Waals surface area contributed by atoms with Crippen molar-refractivity contribution in [2.24, 2.45) is 0 Å². The van der Waals surface area contributed by atoms with Gasteiger partial charge in [0.1, 0.15) is 11.3 Å². The molecule has 2 atom stereocenters. The van der Waals surface area contributed by atoms with Gasteiger partial charge >= 0.3 is 0 Å². The van der Waals surface area contributed by atoms with Gasteiger partial charge in [-0.15, -0.1) is 0 Å². The molecule has 1 saturated carbocycles. The molecule has 8 heteroatoms. The van der Waals surface area contributed by atoms with Crippen LogP contribution in [0.1, 0.15) is 49.7 Å². The van der Waals surface area contributed by atoms with E-state index in [4.69, 9.17) is 9.47 Å². The van der Waals surface area contributed by atoms with Crippen molar-refractivity contribution in [3.63, 3.8) is 0 Å². The zero-order valence-corrected chi connectivity index (χ0v) is 24.6. The molecular formula is C34H40N4O4. The second-order valence-corrected chi connectivity index (χ2v) is 12.5. The lowest BCUT2D eigenvalue weighted by molar-refractivity contribution is -0.0780. The summed E-state index contributed by atoms with van der Waals surface area (Å²) in [6.07, 6.45) is -0.0247. The summed E-state index contributed by atoms with van der Waals surface area (Å²) in [7, 11) is 3.42. The van der Waals surface area contributed by atoms with Crippen molar-refractivity contribution in [1.82, 2.24) is 0 Å². The summed E-state index contributed by atoms with van der Waals surface area (Å²) < 4.78 is 10.8. The molecule has 0 spiro atoms. The molecule has 6 N–H and O–H groups in total. The Morgan fingerprint density at radius 3 is 1.45 bits per heavy atom. The monoisotopic (exact) mass is 568 g/mol. The Kier molecular flexibility index (Phi) is 6.51. The average Bonchev–Trinajstić information content (AvgIpc) is 2.97. The summed E-state index contributed by atoms with van der Waals surface area (Å²) in [6.45, 7) is 5.44. The molecule has 1 fully saturated rings. The molecule has 8 nitrogen and oxygen atoms in total. The van der Waals surface area contributed by atoms with Crippen LogP contribution in [0, 0.1) is 0 Å². The summed E-state index contributed by atoms with van der Waals surface area (Å²) in [4.78, 5) is 0. The van der Waals surface area contributed by atoms with Gasteiger partial charge < -0.3 is 41.0 Å². The quantitative estimate of drug-likeness (QED) is 0.159. The predicted octanol–water partition coefficient (Wildman–Crippen LogP) is 5.78. The number of benzene rings is 4. The second-order valence-electron chi connectivity index (χ2n) is 12.5. The number of ether oxygens (including phenoxy) is 2. The summed E-state index contributed by atoms with van der Waals surface area (Å²) >= 11 is 0. The lowest BCUT2D eigenvalue weighted by Gasteiger charge is -2.50. The van der Waals surface area contributed by atoms with Gasteiger partial charge in [0, 0.05) is 72.4 Å². The highest BCUT2D eigenvalue weighted by molar-refractivity contribution is 6.08. The first-order valence-corrected chi connectivity index (χ1v) is 14.8. The van der Waals surface area contributed by atoms with E-state index in [0.29, 0.717) is 13.2 Å². The maximum absolute atomic E-state index is 11.9. The van der Waals surface area contributed by atoms with E-state index in [2.05, 4.69) is 95.8 Å². The maximum Gasteiger partial charge on any atom is 0.107 e. The molecule has 42 heavy (non-hydrogen) atoms. The van der Waals surface area contributed by atoms with Crippen molar-refractivity contribution < 1.29 is 19.7 Å². The number of hydrogen-bond acceptors (Lipinski definition) is 8. The number of rotatable bonds is 8. The summed E-state index contributed by atoms with van der Waals surface area (Å²) in [5.74, 6) is -0.862. The third-order valence-corrected chi connectivity index (χ3v) is 9.58. The fourth-order valence-corrected chi connectivity index (χ4v) is 7.34. The third kappa shape index (κ3) is 4.20. The van der Waals surface area contributed by atoms with Crippen LogP contribution < -0.4 is 21.3 Å². The number of aliphatic hydroxyl groups excluding tert-OH is 2. The van der Waals surface area contributed by atoms with E-state index in [9.17, 15) is 10.2 Å². The standard InChI is InChI=1S/C34H40N4O4/c1-33(15-17-41-3)35-23-9-5-7-19-11-13-21(29(37-33)25(19)23)27-31(39)28(32(27)40)22-14-12-20-8-6-10-24-26(20)30(22)38-34(2,36-24)16-18-42-4/h5-14,27-28,31-32,35-40H,15-18H2,1-4H3. The van der Waals surface area contributed by atoms with Gasteiger partial charge in [-0.3, -0.25) is 0 Å². The van der Waals surface area contributed by atoms with Crippen LogP contribution in [0.2, 0.25) is 0 Å². The highest BCUT2D eigenvalue weighted by Crippen LogP contribution is 2.55. The summed E-state index contributed by atoms with van der Waals surface area (Å²) in [5.41, 5.74) is 5.03. The first-order chi connectivity index (χ1) is 20.3. The van der Waals surface area contributed by atoms with Gasteiger partial charge in [-0.2, -0.15) is 0 Å². The minimum absolute atomic E-state index is 0.431. The van der Waals surface area contributed by atoms with Crippen molar-refractivity contribution in [3.05, 3.63) is 71.8 Å². The molecule has 2 unspecified atom stereocenters. The van der Waals surface area contributed by atoms with E-state index in [1.807, 2.05) is 0 Å². The third-order valence-electron chi connectivity index (χ3n) is 9.58. The molecule has 0 aromatic heterocycles. The Hall–Kier alpha value is -3.56. The fraction of sp³-hybridized carbons (Fsp3) is 0.412. The highest BCUT2D eigenvalue weighted by atomic mass is 16.5. The molecule has 220 valence electrons. The van der Waals surface area contributed by atoms with E-state index in [-0.39, 0.29) is 0 Å². The maximum atomic E-state index is 11.9. The van der Waals surface area contributed by atoms with Crippen LogP contribution in [0.25, 0.3) is 21.5 Å². The Bertz CT molecular complexity index is 1550. The van der Waals surface area contributed by atoms with Crippen molar-refractivity contribution in [2.45, 2.75) is 62.1 Å². The number of hydrogen-bond donors (Lipinski definition) is 6. The van der Waals surface area contributed by atoms with Crippen LogP contribution in [0.4, 0.5) is 22.7 Å². The highest BCUT2D eigenvalue weighted by Gasteiger charge is 2.53. The second kappa shape index (κ2) is 10.0. The van der Waals surface area contributed by atoms with Crippen LogP contribution in [0.15, 0.2) is 60.7 Å². The van der Waals surface area contributed by atoms with E-state index >= 15 is 0 Å². The Morgan fingerprint density at radius 1 is 0.619 bits per heavy atom. The number of methoxy groups -OCH3 is 2. The van der Waals surface area contributed by atoms with Crippen molar-refractivity contribution in [2.75, 3.05) is 48.7 Å². The van der Waals surface area contributed by atoms with Crippen molar-refractivity contribution >= 4 is 44.3 Å². The number of anilines is 4. The topological polar surface area (TPSA) is 107 Å². The molecule has 2 aliphatic heterocycles. The number of aliphatic hydroxyl groups is 2. The van der Waals surface area contributed by atoms with Crippen LogP contribution in [-0.2, 0) is 9.47 Å². The minimum Gasteiger partial charge on any atom is -0.392 e. The van der Waals surface area contributed by atoms with E-state index in [0.717, 1.165) is 68.3 Å². The zero-order valence-electron chi connectivity index (χ0n) is 24.6. The van der Waals surface area contributed by atoms with E-state index < -0.39 is 35.4 Å². The Morgan fingerprint density at radius 2 is 1.05 bits per heavy atom. The SMILES string of the molecule is COCCC1(C)Nc2cccc3ccc(C4C(O)C(c5ccc6cccc7c6c5NC(C)(CCOC)N7)C4O)c(c23)N1. The molecule has 4 aromatic carbocycles. The average molecular weight is 569 g/mol. The van der Waals surface area contributed by atoms with Crippen LogP contribution in [-0.4, -0.2) is 61.2 Å². The normalized spacial score (nSPS) is 29.3. The lowest BCUT2D eigenvalue weighted by Crippen LogP contribution is -2.53. The van der Waals surface area contributed by atoms with Gasteiger partial charge in [-0.25, -0.2) is 0 Å². The van der Waals surface area contributed by atoms with Gasteiger partial charge in [0.25, 0.3) is 0 Å². The van der Waals surface area contributed by atoms with Crippen molar-refractivity contribution in [1.29, 1.82) is 0 Å². The first-order valence-electron chi connectivity index (χ1n) is 14.8. The van der Waals surface area contributed by atoms with Gasteiger partial charge in [-0.05, 0) is 47.9 Å².